The maximum absolute atomic E-state index is 14.0. The number of benzene rings is 1. The van der Waals surface area contributed by atoms with E-state index >= 15 is 0 Å². The maximum Gasteiger partial charge on any atom is 0.573 e. The van der Waals surface area contributed by atoms with Crippen LogP contribution in [0.4, 0.5) is 17.6 Å². The van der Waals surface area contributed by atoms with Crippen LogP contribution in [0.5, 0.6) is 5.75 Å². The van der Waals surface area contributed by atoms with Crippen LogP contribution < -0.4 is 10.1 Å². The van der Waals surface area contributed by atoms with Crippen molar-refractivity contribution in [2.45, 2.75) is 25.7 Å². The van der Waals surface area contributed by atoms with E-state index in [1.165, 1.54) is 6.07 Å². The van der Waals surface area contributed by atoms with E-state index < -0.39 is 17.9 Å². The molecule has 23 heavy (non-hydrogen) atoms. The van der Waals surface area contributed by atoms with Crippen molar-refractivity contribution in [3.63, 3.8) is 0 Å². The van der Waals surface area contributed by atoms with Crippen LogP contribution in [-0.4, -0.2) is 37.4 Å². The molecule has 2 rings (SSSR count). The lowest BCUT2D eigenvalue weighted by Gasteiger charge is -2.35. The van der Waals surface area contributed by atoms with Crippen LogP contribution in [0.1, 0.15) is 24.9 Å². The fourth-order valence-electron chi connectivity index (χ4n) is 2.71. The van der Waals surface area contributed by atoms with Gasteiger partial charge in [-0.2, -0.15) is 0 Å². The molecule has 1 aliphatic rings. The van der Waals surface area contributed by atoms with Crippen molar-refractivity contribution in [2.24, 2.45) is 0 Å². The number of nitrogens with zero attached hydrogens (tertiary/aromatic N) is 1. The summed E-state index contributed by atoms with van der Waals surface area (Å²) in [5.41, 5.74) is 1.56. The van der Waals surface area contributed by atoms with Gasteiger partial charge in [0, 0.05) is 32.2 Å². The van der Waals surface area contributed by atoms with Crippen LogP contribution in [0.25, 0.3) is 0 Å². The number of halogens is 4. The highest BCUT2D eigenvalue weighted by atomic mass is 19.4. The summed E-state index contributed by atoms with van der Waals surface area (Å²) in [6.07, 6.45) is -4.28. The zero-order chi connectivity index (χ0) is 17.0. The molecule has 1 aromatic rings. The van der Waals surface area contributed by atoms with Crippen molar-refractivity contribution in [2.75, 3.05) is 26.2 Å². The van der Waals surface area contributed by atoms with Crippen molar-refractivity contribution in [1.29, 1.82) is 0 Å². The molecule has 1 atom stereocenters. The second-order valence-electron chi connectivity index (χ2n) is 5.70. The van der Waals surface area contributed by atoms with E-state index in [1.807, 2.05) is 6.92 Å². The lowest BCUT2D eigenvalue weighted by Crippen LogP contribution is -2.45. The first-order valence-electron chi connectivity index (χ1n) is 7.40. The molecule has 7 heteroatoms. The van der Waals surface area contributed by atoms with Gasteiger partial charge in [-0.05, 0) is 31.0 Å². The van der Waals surface area contributed by atoms with Crippen LogP contribution in [0.2, 0.25) is 0 Å². The molecule has 1 aliphatic heterocycles. The van der Waals surface area contributed by atoms with Gasteiger partial charge in [0.05, 0.1) is 0 Å². The van der Waals surface area contributed by atoms with Crippen LogP contribution in [0, 0.1) is 5.82 Å². The molecule has 1 saturated heterocycles. The smallest absolute Gasteiger partial charge is 0.403 e. The maximum atomic E-state index is 14.0. The molecule has 0 aliphatic carbocycles. The zero-order valence-electron chi connectivity index (χ0n) is 12.9. The lowest BCUT2D eigenvalue weighted by molar-refractivity contribution is -0.275. The Kier molecular flexibility index (Phi) is 5.64. The standard InChI is InChI=1S/C16H20F4N2O/c1-11(2)9-14(22-7-5-21-6-8-22)12-3-4-15(13(17)10-12)23-16(18,19)20/h3-4,10,14,21H,1,5-9H2,2H3/t14-/m1/s1. The number of nitrogens with one attached hydrogen (secondary N) is 1. The Hall–Kier alpha value is -1.60. The number of ether oxygens (including phenoxy) is 1. The Labute approximate surface area is 132 Å². The Bertz CT molecular complexity index is 554. The summed E-state index contributed by atoms with van der Waals surface area (Å²) in [6, 6.07) is 3.53. The third-order valence-electron chi connectivity index (χ3n) is 3.70. The van der Waals surface area contributed by atoms with Gasteiger partial charge in [-0.25, -0.2) is 4.39 Å². The summed E-state index contributed by atoms with van der Waals surface area (Å²) in [4.78, 5) is 2.18. The Morgan fingerprint density at radius 1 is 1.35 bits per heavy atom. The minimum Gasteiger partial charge on any atom is -0.403 e. The first kappa shape index (κ1) is 17.7. The van der Waals surface area contributed by atoms with Gasteiger partial charge in [0.1, 0.15) is 0 Å². The molecule has 0 spiro atoms. The molecule has 1 heterocycles. The number of alkyl halides is 3. The predicted octanol–water partition coefficient (Wildman–Crippen LogP) is 3.64. The van der Waals surface area contributed by atoms with Gasteiger partial charge >= 0.3 is 6.36 Å². The molecule has 0 unspecified atom stereocenters. The molecule has 0 radical (unpaired) electrons. The van der Waals surface area contributed by atoms with Gasteiger partial charge in [-0.3, -0.25) is 4.90 Å². The van der Waals surface area contributed by atoms with Crippen LogP contribution in [-0.2, 0) is 0 Å². The van der Waals surface area contributed by atoms with E-state index in [9.17, 15) is 17.6 Å². The van der Waals surface area contributed by atoms with Gasteiger partial charge in [0.2, 0.25) is 0 Å². The number of piperazine rings is 1. The van der Waals surface area contributed by atoms with Gasteiger partial charge < -0.3 is 10.1 Å². The van der Waals surface area contributed by atoms with Crippen LogP contribution in [0.15, 0.2) is 30.4 Å². The third kappa shape index (κ3) is 5.21. The zero-order valence-corrected chi connectivity index (χ0v) is 12.9. The minimum atomic E-state index is -4.90. The molecule has 3 nitrogen and oxygen atoms in total. The fourth-order valence-corrected chi connectivity index (χ4v) is 2.71. The second kappa shape index (κ2) is 7.31. The SMILES string of the molecule is C=C(C)C[C@H](c1ccc(OC(F)(F)F)c(F)c1)N1CCNCC1. The van der Waals surface area contributed by atoms with Gasteiger partial charge in [-0.1, -0.05) is 11.6 Å². The van der Waals surface area contributed by atoms with E-state index in [2.05, 4.69) is 21.5 Å². The minimum absolute atomic E-state index is 0.107. The van der Waals surface area contributed by atoms with E-state index in [1.54, 1.807) is 0 Å². The normalized spacial score (nSPS) is 17.8. The molecule has 1 fully saturated rings. The molecule has 0 bridgehead atoms. The lowest BCUT2D eigenvalue weighted by atomic mass is 9.97. The largest absolute Gasteiger partial charge is 0.573 e. The average Bonchev–Trinajstić information content (AvgIpc) is 2.46. The molecule has 1 N–H and O–H groups in total. The molecule has 1 aromatic carbocycles. The van der Waals surface area contributed by atoms with E-state index in [0.717, 1.165) is 43.9 Å². The third-order valence-corrected chi connectivity index (χ3v) is 3.70. The van der Waals surface area contributed by atoms with E-state index in [4.69, 9.17) is 0 Å². The molecule has 0 amide bonds. The van der Waals surface area contributed by atoms with Crippen LogP contribution in [0.3, 0.4) is 0 Å². The van der Waals surface area contributed by atoms with Gasteiger partial charge in [0.15, 0.2) is 11.6 Å². The summed E-state index contributed by atoms with van der Waals surface area (Å²) in [6.45, 7) is 9.01. The van der Waals surface area contributed by atoms with E-state index in [-0.39, 0.29) is 6.04 Å². The van der Waals surface area contributed by atoms with Gasteiger partial charge in [-0.15, -0.1) is 19.8 Å². The first-order valence-corrected chi connectivity index (χ1v) is 7.40. The summed E-state index contributed by atoms with van der Waals surface area (Å²) in [7, 11) is 0. The van der Waals surface area contributed by atoms with Gasteiger partial charge in [0.25, 0.3) is 0 Å². The number of hydrogen-bond acceptors (Lipinski definition) is 3. The van der Waals surface area contributed by atoms with Crippen molar-refractivity contribution in [1.82, 2.24) is 10.2 Å². The van der Waals surface area contributed by atoms with Crippen molar-refractivity contribution < 1.29 is 22.3 Å². The molecular weight excluding hydrogens is 312 g/mol. The first-order chi connectivity index (χ1) is 10.8. The fraction of sp³-hybridized carbons (Fsp3) is 0.500. The van der Waals surface area contributed by atoms with Crippen molar-refractivity contribution in [3.05, 3.63) is 41.7 Å². The number of rotatable bonds is 5. The summed E-state index contributed by atoms with van der Waals surface area (Å²) < 4.78 is 54.3. The Morgan fingerprint density at radius 2 is 2.00 bits per heavy atom. The molecular formula is C16H20F4N2O. The summed E-state index contributed by atoms with van der Waals surface area (Å²) in [5, 5.41) is 3.24. The van der Waals surface area contributed by atoms with Crippen molar-refractivity contribution in [3.8, 4) is 5.75 Å². The summed E-state index contributed by atoms with van der Waals surface area (Å²) in [5.74, 6) is -1.82. The Morgan fingerprint density at radius 3 is 2.52 bits per heavy atom. The second-order valence-corrected chi connectivity index (χ2v) is 5.70. The van der Waals surface area contributed by atoms with E-state index in [0.29, 0.717) is 12.0 Å². The topological polar surface area (TPSA) is 24.5 Å². The molecule has 128 valence electrons. The quantitative estimate of drug-likeness (QED) is 0.658. The summed E-state index contributed by atoms with van der Waals surface area (Å²) >= 11 is 0. The Balaban J connectivity index is 2.24. The van der Waals surface area contributed by atoms with Crippen molar-refractivity contribution >= 4 is 0 Å². The average molecular weight is 332 g/mol. The number of hydrogen-bond donors (Lipinski definition) is 1. The highest BCUT2D eigenvalue weighted by Gasteiger charge is 2.32. The monoisotopic (exact) mass is 332 g/mol. The highest BCUT2D eigenvalue weighted by molar-refractivity contribution is 5.32. The highest BCUT2D eigenvalue weighted by Crippen LogP contribution is 2.32. The predicted molar refractivity (Wildman–Crippen MR) is 79.7 cm³/mol. The van der Waals surface area contributed by atoms with Crippen LogP contribution >= 0.6 is 0 Å². The molecule has 0 saturated carbocycles. The molecule has 0 aromatic heterocycles.